The van der Waals surface area contributed by atoms with Crippen LogP contribution in [0.4, 0.5) is 0 Å². The maximum atomic E-state index is 12.1. The van der Waals surface area contributed by atoms with E-state index in [0.29, 0.717) is 12.0 Å². The van der Waals surface area contributed by atoms with E-state index in [1.165, 1.54) is 25.9 Å². The van der Waals surface area contributed by atoms with Gasteiger partial charge in [0, 0.05) is 25.0 Å². The molecule has 4 nitrogen and oxygen atoms in total. The average molecular weight is 267 g/mol. The maximum absolute atomic E-state index is 12.1. The van der Waals surface area contributed by atoms with Crippen molar-refractivity contribution in [2.45, 2.75) is 45.6 Å². The largest absolute Gasteiger partial charge is 0.356 e. The first-order valence-corrected chi connectivity index (χ1v) is 7.88. The molecule has 19 heavy (non-hydrogen) atoms. The van der Waals surface area contributed by atoms with Crippen molar-refractivity contribution in [3.05, 3.63) is 0 Å². The van der Waals surface area contributed by atoms with Gasteiger partial charge in [0.05, 0.1) is 0 Å². The molecular weight excluding hydrogens is 238 g/mol. The van der Waals surface area contributed by atoms with E-state index in [2.05, 4.69) is 29.4 Å². The van der Waals surface area contributed by atoms with Gasteiger partial charge in [-0.05, 0) is 58.2 Å². The Balaban J connectivity index is 1.64. The summed E-state index contributed by atoms with van der Waals surface area (Å²) in [7, 11) is 0. The fourth-order valence-electron chi connectivity index (χ4n) is 3.26. The molecule has 2 heterocycles. The predicted molar refractivity (Wildman–Crippen MR) is 78.0 cm³/mol. The predicted octanol–water partition coefficient (Wildman–Crippen LogP) is 1.22. The Hall–Kier alpha value is -0.610. The second-order valence-corrected chi connectivity index (χ2v) is 6.43. The monoisotopic (exact) mass is 267 g/mol. The number of rotatable bonds is 5. The van der Waals surface area contributed by atoms with Gasteiger partial charge in [0.1, 0.15) is 0 Å². The van der Waals surface area contributed by atoms with Crippen LogP contribution in [0, 0.1) is 11.8 Å². The van der Waals surface area contributed by atoms with Crippen molar-refractivity contribution < 1.29 is 4.79 Å². The minimum atomic E-state index is 0.218. The van der Waals surface area contributed by atoms with Crippen molar-refractivity contribution in [3.8, 4) is 0 Å². The molecule has 0 bridgehead atoms. The molecule has 2 aliphatic rings. The molecule has 0 aromatic heterocycles. The fourth-order valence-corrected chi connectivity index (χ4v) is 3.26. The third kappa shape index (κ3) is 4.77. The van der Waals surface area contributed by atoms with Crippen molar-refractivity contribution in [2.75, 3.05) is 32.7 Å². The first-order chi connectivity index (χ1) is 9.15. The summed E-state index contributed by atoms with van der Waals surface area (Å²) >= 11 is 0. The molecule has 1 unspecified atom stereocenters. The summed E-state index contributed by atoms with van der Waals surface area (Å²) in [6.45, 7) is 9.81. The van der Waals surface area contributed by atoms with Crippen LogP contribution in [0.1, 0.15) is 39.5 Å². The van der Waals surface area contributed by atoms with Gasteiger partial charge in [-0.2, -0.15) is 0 Å². The van der Waals surface area contributed by atoms with Crippen molar-refractivity contribution in [2.24, 2.45) is 11.8 Å². The summed E-state index contributed by atoms with van der Waals surface area (Å²) in [6.07, 6.45) is 4.64. The molecule has 110 valence electrons. The van der Waals surface area contributed by atoms with E-state index in [1.807, 2.05) is 0 Å². The Morgan fingerprint density at radius 1 is 1.42 bits per heavy atom. The van der Waals surface area contributed by atoms with Gasteiger partial charge < -0.3 is 15.5 Å². The van der Waals surface area contributed by atoms with Crippen molar-refractivity contribution in [1.29, 1.82) is 0 Å². The summed E-state index contributed by atoms with van der Waals surface area (Å²) in [5.41, 5.74) is 0. The normalized spacial score (nSPS) is 30.2. The van der Waals surface area contributed by atoms with E-state index >= 15 is 0 Å². The highest BCUT2D eigenvalue weighted by Crippen LogP contribution is 2.16. The maximum Gasteiger partial charge on any atom is 0.223 e. The molecule has 0 spiro atoms. The Morgan fingerprint density at radius 3 is 2.84 bits per heavy atom. The highest BCUT2D eigenvalue weighted by Gasteiger charge is 2.24. The van der Waals surface area contributed by atoms with Gasteiger partial charge in [-0.1, -0.05) is 6.92 Å². The number of carbonyl (C=O) groups is 1. The van der Waals surface area contributed by atoms with Crippen LogP contribution in [0.15, 0.2) is 0 Å². The van der Waals surface area contributed by atoms with Gasteiger partial charge in [-0.3, -0.25) is 4.79 Å². The van der Waals surface area contributed by atoms with E-state index in [-0.39, 0.29) is 11.8 Å². The summed E-state index contributed by atoms with van der Waals surface area (Å²) in [6, 6.07) is 0.478. The molecule has 2 rings (SSSR count). The van der Waals surface area contributed by atoms with E-state index < -0.39 is 0 Å². The highest BCUT2D eigenvalue weighted by atomic mass is 16.1. The van der Waals surface area contributed by atoms with Gasteiger partial charge in [-0.15, -0.1) is 0 Å². The van der Waals surface area contributed by atoms with Crippen molar-refractivity contribution in [3.63, 3.8) is 0 Å². The molecule has 0 aromatic carbocycles. The molecule has 0 radical (unpaired) electrons. The lowest BCUT2D eigenvalue weighted by Crippen LogP contribution is -2.44. The van der Waals surface area contributed by atoms with Crippen LogP contribution in [-0.4, -0.2) is 49.6 Å². The van der Waals surface area contributed by atoms with Crippen LogP contribution in [0.25, 0.3) is 0 Å². The molecule has 3 atom stereocenters. The quantitative estimate of drug-likeness (QED) is 0.787. The van der Waals surface area contributed by atoms with Crippen LogP contribution < -0.4 is 10.6 Å². The second kappa shape index (κ2) is 7.25. The Kier molecular flexibility index (Phi) is 5.64. The Labute approximate surface area is 117 Å². The number of amides is 1. The number of likely N-dealkylation sites (tertiary alicyclic amines) is 1. The number of piperidine rings is 1. The van der Waals surface area contributed by atoms with Gasteiger partial charge in [0.2, 0.25) is 5.91 Å². The lowest BCUT2D eigenvalue weighted by molar-refractivity contribution is -0.126. The minimum Gasteiger partial charge on any atom is -0.356 e. The third-order valence-corrected chi connectivity index (χ3v) is 4.39. The van der Waals surface area contributed by atoms with Gasteiger partial charge in [0.25, 0.3) is 0 Å². The zero-order valence-corrected chi connectivity index (χ0v) is 12.5. The molecule has 2 N–H and O–H groups in total. The number of carbonyl (C=O) groups excluding carboxylic acids is 1. The number of hydrogen-bond acceptors (Lipinski definition) is 3. The topological polar surface area (TPSA) is 44.4 Å². The number of hydrogen-bond donors (Lipinski definition) is 2. The minimum absolute atomic E-state index is 0.218. The molecule has 0 aliphatic carbocycles. The van der Waals surface area contributed by atoms with Crippen molar-refractivity contribution in [1.82, 2.24) is 15.5 Å². The van der Waals surface area contributed by atoms with E-state index in [1.54, 1.807) is 0 Å². The summed E-state index contributed by atoms with van der Waals surface area (Å²) in [4.78, 5) is 14.7. The lowest BCUT2D eigenvalue weighted by Gasteiger charge is -2.28. The SMILES string of the molecule is CC(CNC(=O)[C@H]1CCN[C@@H](C)C1)CN1CCCC1. The summed E-state index contributed by atoms with van der Waals surface area (Å²) < 4.78 is 0. The first kappa shape index (κ1) is 14.8. The van der Waals surface area contributed by atoms with E-state index in [0.717, 1.165) is 32.5 Å². The smallest absolute Gasteiger partial charge is 0.223 e. The number of nitrogens with one attached hydrogen (secondary N) is 2. The van der Waals surface area contributed by atoms with Crippen LogP contribution in [0.3, 0.4) is 0 Å². The first-order valence-electron chi connectivity index (χ1n) is 7.88. The molecule has 2 saturated heterocycles. The van der Waals surface area contributed by atoms with Crippen LogP contribution >= 0.6 is 0 Å². The molecule has 2 aliphatic heterocycles. The molecular formula is C15H29N3O. The molecule has 4 heteroatoms. The number of nitrogens with zero attached hydrogens (tertiary/aromatic N) is 1. The van der Waals surface area contributed by atoms with E-state index in [4.69, 9.17) is 0 Å². The lowest BCUT2D eigenvalue weighted by atomic mass is 9.92. The van der Waals surface area contributed by atoms with Crippen LogP contribution in [-0.2, 0) is 4.79 Å². The molecule has 0 saturated carbocycles. The molecule has 1 amide bonds. The third-order valence-electron chi connectivity index (χ3n) is 4.39. The van der Waals surface area contributed by atoms with Gasteiger partial charge in [-0.25, -0.2) is 0 Å². The average Bonchev–Trinajstić information content (AvgIpc) is 2.88. The summed E-state index contributed by atoms with van der Waals surface area (Å²) in [5, 5.41) is 6.55. The molecule has 2 fully saturated rings. The zero-order chi connectivity index (χ0) is 13.7. The van der Waals surface area contributed by atoms with Crippen LogP contribution in [0.5, 0.6) is 0 Å². The van der Waals surface area contributed by atoms with Crippen molar-refractivity contribution >= 4 is 5.91 Å². The highest BCUT2D eigenvalue weighted by molar-refractivity contribution is 5.78. The summed E-state index contributed by atoms with van der Waals surface area (Å²) in [5.74, 6) is 1.04. The van der Waals surface area contributed by atoms with Gasteiger partial charge >= 0.3 is 0 Å². The van der Waals surface area contributed by atoms with E-state index in [9.17, 15) is 4.79 Å². The Morgan fingerprint density at radius 2 is 2.16 bits per heavy atom. The zero-order valence-electron chi connectivity index (χ0n) is 12.5. The van der Waals surface area contributed by atoms with Gasteiger partial charge in [0.15, 0.2) is 0 Å². The van der Waals surface area contributed by atoms with Crippen LogP contribution in [0.2, 0.25) is 0 Å². The second-order valence-electron chi connectivity index (χ2n) is 6.43. The Bertz CT molecular complexity index is 289. The molecule has 0 aromatic rings. The standard InChI is InChI=1S/C15H29N3O/c1-12(11-18-7-3-4-8-18)10-17-15(19)14-5-6-16-13(2)9-14/h12-14,16H,3-11H2,1-2H3,(H,17,19)/t12?,13-,14-/m0/s1. The fraction of sp³-hybridized carbons (Fsp3) is 0.933.